The third-order valence-corrected chi connectivity index (χ3v) is 8.65. The monoisotopic (exact) mass is 623 g/mol. The normalized spacial score (nSPS) is 11.5. The molecule has 1 aromatic carbocycles. The fourth-order valence-electron chi connectivity index (χ4n) is 3.77. The minimum Gasteiger partial charge on any atom is -0.494 e. The third kappa shape index (κ3) is 8.41. The third-order valence-electron chi connectivity index (χ3n) is 5.50. The van der Waals surface area contributed by atoms with Crippen LogP contribution in [0, 0.1) is 6.92 Å². The summed E-state index contributed by atoms with van der Waals surface area (Å²) in [5.74, 6) is -1.42. The number of carbonyl (C=O) groups excluding carboxylic acids is 4. The number of rotatable bonds is 14. The first-order valence-electron chi connectivity index (χ1n) is 12.9. The number of thiazole rings is 1. The van der Waals surface area contributed by atoms with Gasteiger partial charge in [0.2, 0.25) is 5.91 Å². The standard InChI is InChI=1S/C27H33N3O8S3/c1-6-36-17-9-10-18-19(13-17)40-27(30(18)11-12-35-5)29-21(32)15-39-14-20(31)28-24-22(25(33)37-7-2)16(4)23(41-24)26(34)38-8-3/h9-10,13H,6-8,11-12,14-15H2,1-5H3,(H,28,31). The van der Waals surface area contributed by atoms with Crippen LogP contribution in [0.25, 0.3) is 10.2 Å². The van der Waals surface area contributed by atoms with E-state index < -0.39 is 23.8 Å². The number of nitrogens with zero attached hydrogens (tertiary/aromatic N) is 2. The second-order valence-corrected chi connectivity index (χ2v) is 11.4. The number of carbonyl (C=O) groups is 4. The van der Waals surface area contributed by atoms with E-state index in [0.29, 0.717) is 30.1 Å². The summed E-state index contributed by atoms with van der Waals surface area (Å²) in [7, 11) is 1.61. The van der Waals surface area contributed by atoms with E-state index in [1.165, 1.54) is 11.3 Å². The molecule has 0 radical (unpaired) electrons. The average Bonchev–Trinajstić information content (AvgIpc) is 3.43. The number of benzene rings is 1. The number of esters is 2. The molecule has 0 aliphatic rings. The summed E-state index contributed by atoms with van der Waals surface area (Å²) in [6.07, 6.45) is 0. The zero-order chi connectivity index (χ0) is 29.9. The van der Waals surface area contributed by atoms with Crippen LogP contribution in [0.4, 0.5) is 5.00 Å². The lowest BCUT2D eigenvalue weighted by Gasteiger charge is -2.07. The van der Waals surface area contributed by atoms with Crippen LogP contribution in [-0.2, 0) is 30.3 Å². The van der Waals surface area contributed by atoms with Crippen LogP contribution in [0.3, 0.4) is 0 Å². The number of nitrogens with one attached hydrogen (secondary N) is 1. The van der Waals surface area contributed by atoms with Crippen LogP contribution in [0.5, 0.6) is 5.75 Å². The molecule has 3 rings (SSSR count). The first kappa shape index (κ1) is 32.3. The van der Waals surface area contributed by atoms with Crippen LogP contribution >= 0.6 is 34.4 Å². The number of thioether (sulfide) groups is 1. The summed E-state index contributed by atoms with van der Waals surface area (Å²) < 4.78 is 23.9. The smallest absolute Gasteiger partial charge is 0.348 e. The number of ether oxygens (including phenoxy) is 4. The molecule has 0 aliphatic carbocycles. The van der Waals surface area contributed by atoms with Crippen molar-refractivity contribution in [2.24, 2.45) is 4.99 Å². The van der Waals surface area contributed by atoms with Gasteiger partial charge < -0.3 is 28.8 Å². The van der Waals surface area contributed by atoms with E-state index in [1.807, 2.05) is 29.7 Å². The molecular weight excluding hydrogens is 591 g/mol. The number of methoxy groups -OCH3 is 1. The lowest BCUT2D eigenvalue weighted by atomic mass is 10.1. The molecule has 2 amide bonds. The summed E-state index contributed by atoms with van der Waals surface area (Å²) in [4.78, 5) is 55.4. The molecule has 2 heterocycles. The highest BCUT2D eigenvalue weighted by atomic mass is 32.2. The minimum absolute atomic E-state index is 0.0293. The van der Waals surface area contributed by atoms with Crippen molar-refractivity contribution >= 4 is 73.4 Å². The van der Waals surface area contributed by atoms with Gasteiger partial charge in [-0.1, -0.05) is 11.3 Å². The van der Waals surface area contributed by atoms with Gasteiger partial charge in [0.05, 0.1) is 53.7 Å². The fourth-order valence-corrected chi connectivity index (χ4v) is 6.57. The molecule has 0 fully saturated rings. The maximum atomic E-state index is 12.7. The van der Waals surface area contributed by atoms with Gasteiger partial charge in [-0.15, -0.1) is 23.1 Å². The Morgan fingerprint density at radius 2 is 1.73 bits per heavy atom. The molecule has 0 aliphatic heterocycles. The SMILES string of the molecule is CCOC(=O)c1sc(NC(=O)CSCC(=O)N=c2sc3cc(OCC)ccc3n2CCOC)c(C(=O)OCC)c1C. The van der Waals surface area contributed by atoms with Gasteiger partial charge in [0, 0.05) is 13.7 Å². The van der Waals surface area contributed by atoms with Crippen molar-refractivity contribution in [2.45, 2.75) is 34.2 Å². The highest BCUT2D eigenvalue weighted by Crippen LogP contribution is 2.34. The number of amides is 2. The van der Waals surface area contributed by atoms with E-state index in [-0.39, 0.29) is 40.2 Å². The van der Waals surface area contributed by atoms with Gasteiger partial charge in [-0.3, -0.25) is 9.59 Å². The Bertz CT molecular complexity index is 1470. The highest BCUT2D eigenvalue weighted by molar-refractivity contribution is 8.00. The molecule has 0 bridgehead atoms. The van der Waals surface area contributed by atoms with E-state index in [0.717, 1.165) is 39.1 Å². The molecule has 2 aromatic heterocycles. The number of aromatic nitrogens is 1. The second-order valence-electron chi connectivity index (χ2n) is 8.34. The summed E-state index contributed by atoms with van der Waals surface area (Å²) in [6.45, 7) is 8.68. The van der Waals surface area contributed by atoms with Crippen LogP contribution in [0.1, 0.15) is 46.4 Å². The maximum Gasteiger partial charge on any atom is 0.348 e. The molecule has 11 nitrogen and oxygen atoms in total. The van der Waals surface area contributed by atoms with E-state index in [2.05, 4.69) is 10.3 Å². The van der Waals surface area contributed by atoms with Gasteiger partial charge in [0.15, 0.2) is 4.80 Å². The van der Waals surface area contributed by atoms with E-state index in [9.17, 15) is 19.2 Å². The molecular formula is C27H33N3O8S3. The number of thiophene rings is 1. The Balaban J connectivity index is 1.71. The zero-order valence-corrected chi connectivity index (χ0v) is 26.0. The summed E-state index contributed by atoms with van der Waals surface area (Å²) in [6, 6.07) is 5.72. The molecule has 0 unspecified atom stereocenters. The molecule has 41 heavy (non-hydrogen) atoms. The fraction of sp³-hybridized carbons (Fsp3) is 0.444. The zero-order valence-electron chi connectivity index (χ0n) is 23.6. The lowest BCUT2D eigenvalue weighted by Crippen LogP contribution is -2.20. The van der Waals surface area contributed by atoms with E-state index >= 15 is 0 Å². The largest absolute Gasteiger partial charge is 0.494 e. The Morgan fingerprint density at radius 3 is 2.41 bits per heavy atom. The van der Waals surface area contributed by atoms with Crippen molar-refractivity contribution in [3.8, 4) is 5.75 Å². The van der Waals surface area contributed by atoms with Crippen molar-refractivity contribution in [1.82, 2.24) is 4.57 Å². The van der Waals surface area contributed by atoms with Crippen LogP contribution in [0.15, 0.2) is 23.2 Å². The summed E-state index contributed by atoms with van der Waals surface area (Å²) >= 11 is 3.41. The molecule has 222 valence electrons. The van der Waals surface area contributed by atoms with Gasteiger partial charge in [-0.2, -0.15) is 4.99 Å². The second kappa shape index (κ2) is 15.7. The Kier molecular flexibility index (Phi) is 12.4. The maximum absolute atomic E-state index is 12.7. The molecule has 0 saturated carbocycles. The van der Waals surface area contributed by atoms with Gasteiger partial charge in [-0.05, 0) is 51.5 Å². The Labute approximate surface area is 249 Å². The van der Waals surface area contributed by atoms with Gasteiger partial charge in [0.25, 0.3) is 5.91 Å². The van der Waals surface area contributed by atoms with Crippen molar-refractivity contribution < 1.29 is 38.1 Å². The van der Waals surface area contributed by atoms with Crippen LogP contribution in [0.2, 0.25) is 0 Å². The summed E-state index contributed by atoms with van der Waals surface area (Å²) in [5, 5.41) is 2.87. The molecule has 3 aromatic rings. The molecule has 0 saturated heterocycles. The number of anilines is 1. The van der Waals surface area contributed by atoms with Crippen molar-refractivity contribution in [3.05, 3.63) is 39.0 Å². The van der Waals surface area contributed by atoms with Gasteiger partial charge in [0.1, 0.15) is 15.6 Å². The first-order valence-corrected chi connectivity index (χ1v) is 15.7. The van der Waals surface area contributed by atoms with Crippen molar-refractivity contribution in [2.75, 3.05) is 50.4 Å². The average molecular weight is 624 g/mol. The molecule has 0 atom stereocenters. The van der Waals surface area contributed by atoms with Crippen molar-refractivity contribution in [3.63, 3.8) is 0 Å². The van der Waals surface area contributed by atoms with Crippen LogP contribution < -0.4 is 14.9 Å². The predicted octanol–water partition coefficient (Wildman–Crippen LogP) is 4.27. The van der Waals surface area contributed by atoms with E-state index in [4.69, 9.17) is 18.9 Å². The summed E-state index contributed by atoms with van der Waals surface area (Å²) in [5.41, 5.74) is 1.41. The highest BCUT2D eigenvalue weighted by Gasteiger charge is 2.27. The number of fused-ring (bicyclic) bond motifs is 1. The Hall–Kier alpha value is -3.20. The van der Waals surface area contributed by atoms with Crippen molar-refractivity contribution in [1.29, 1.82) is 0 Å². The number of hydrogen-bond donors (Lipinski definition) is 1. The molecule has 1 N–H and O–H groups in total. The van der Waals surface area contributed by atoms with Gasteiger partial charge >= 0.3 is 11.9 Å². The van der Waals surface area contributed by atoms with E-state index in [1.54, 1.807) is 27.9 Å². The molecule has 14 heteroatoms. The Morgan fingerprint density at radius 1 is 1.00 bits per heavy atom. The topological polar surface area (TPSA) is 135 Å². The van der Waals surface area contributed by atoms with Gasteiger partial charge in [-0.25, -0.2) is 9.59 Å². The molecule has 0 spiro atoms. The minimum atomic E-state index is -0.646. The first-order chi connectivity index (χ1) is 19.7. The lowest BCUT2D eigenvalue weighted by molar-refractivity contribution is -0.115. The van der Waals surface area contributed by atoms with Crippen LogP contribution in [-0.4, -0.2) is 73.4 Å². The predicted molar refractivity (Wildman–Crippen MR) is 160 cm³/mol. The quantitative estimate of drug-likeness (QED) is 0.261. The number of hydrogen-bond acceptors (Lipinski definition) is 11.